The minimum absolute atomic E-state index is 0.0735. The van der Waals surface area contributed by atoms with Gasteiger partial charge < -0.3 is 9.64 Å². The zero-order chi connectivity index (χ0) is 26.3. The molecule has 0 bridgehead atoms. The molecule has 0 saturated carbocycles. The average molecular weight is 571 g/mol. The van der Waals surface area contributed by atoms with Crippen LogP contribution in [0.25, 0.3) is 0 Å². The van der Waals surface area contributed by atoms with Crippen LogP contribution in [0.3, 0.4) is 0 Å². The summed E-state index contributed by atoms with van der Waals surface area (Å²) in [6, 6.07) is 7.47. The first-order valence-electron chi connectivity index (χ1n) is 13.7. The summed E-state index contributed by atoms with van der Waals surface area (Å²) in [7, 11) is 0. The number of piperidine rings is 1. The third-order valence-electron chi connectivity index (χ3n) is 8.95. The number of hydrogen-bond acceptors (Lipinski definition) is 6. The van der Waals surface area contributed by atoms with Gasteiger partial charge in [0.1, 0.15) is 6.33 Å². The number of rotatable bonds is 5. The van der Waals surface area contributed by atoms with Crippen molar-refractivity contribution in [1.29, 1.82) is 0 Å². The standard InChI is InChI=1S/C29H40BrN5O2/c1-6-37-25-16-22-15-23(30)7-8-24(22)27(25)35-14-13-34(17-19(35)2)29(5)9-11-33(12-10-29)28(36)26-20(3)31-18-32-21(26)4/h7-8,15,18-19,25,27H,6,9-14,16-17H2,1-5H3/t19-,25+,27-/m0/s1. The van der Waals surface area contributed by atoms with Crippen LogP contribution in [0.2, 0.25) is 0 Å². The van der Waals surface area contributed by atoms with Crippen molar-refractivity contribution < 1.29 is 9.53 Å². The largest absolute Gasteiger partial charge is 0.376 e. The van der Waals surface area contributed by atoms with Gasteiger partial charge in [0, 0.05) is 61.8 Å². The Morgan fingerprint density at radius 3 is 2.49 bits per heavy atom. The van der Waals surface area contributed by atoms with Crippen LogP contribution in [0.1, 0.15) is 72.5 Å². The summed E-state index contributed by atoms with van der Waals surface area (Å²) in [4.78, 5) is 29.2. The van der Waals surface area contributed by atoms with Crippen LogP contribution in [-0.2, 0) is 11.2 Å². The number of carbonyl (C=O) groups excluding carboxylic acids is 1. The van der Waals surface area contributed by atoms with E-state index < -0.39 is 0 Å². The van der Waals surface area contributed by atoms with Crippen molar-refractivity contribution in [2.24, 2.45) is 0 Å². The summed E-state index contributed by atoms with van der Waals surface area (Å²) >= 11 is 3.65. The third-order valence-corrected chi connectivity index (χ3v) is 9.44. The highest BCUT2D eigenvalue weighted by atomic mass is 79.9. The predicted molar refractivity (Wildman–Crippen MR) is 149 cm³/mol. The van der Waals surface area contributed by atoms with E-state index in [1.807, 2.05) is 18.7 Å². The summed E-state index contributed by atoms with van der Waals surface area (Å²) < 4.78 is 7.41. The van der Waals surface area contributed by atoms with Gasteiger partial charge in [0.05, 0.1) is 29.1 Å². The number of piperazine rings is 1. The van der Waals surface area contributed by atoms with Gasteiger partial charge in [-0.15, -0.1) is 0 Å². The monoisotopic (exact) mass is 569 g/mol. The lowest BCUT2D eigenvalue weighted by Gasteiger charge is -2.53. The van der Waals surface area contributed by atoms with Crippen molar-refractivity contribution in [3.05, 3.63) is 57.1 Å². The molecule has 0 N–H and O–H groups in total. The molecule has 200 valence electrons. The van der Waals surface area contributed by atoms with Crippen molar-refractivity contribution in [2.45, 2.75) is 77.6 Å². The average Bonchev–Trinajstić information content (AvgIpc) is 3.21. The van der Waals surface area contributed by atoms with E-state index in [0.29, 0.717) is 17.6 Å². The Bertz CT molecular complexity index is 1130. The van der Waals surface area contributed by atoms with Crippen LogP contribution in [-0.4, -0.2) is 87.6 Å². The lowest BCUT2D eigenvalue weighted by Crippen LogP contribution is -2.62. The van der Waals surface area contributed by atoms with E-state index >= 15 is 0 Å². The molecular weight excluding hydrogens is 530 g/mol. The Morgan fingerprint density at radius 2 is 1.84 bits per heavy atom. The second kappa shape index (κ2) is 10.7. The molecular formula is C29H40BrN5O2. The number of halogens is 1. The summed E-state index contributed by atoms with van der Waals surface area (Å²) in [5, 5.41) is 0. The van der Waals surface area contributed by atoms with Crippen molar-refractivity contribution in [2.75, 3.05) is 39.3 Å². The second-order valence-electron chi connectivity index (χ2n) is 11.2. The van der Waals surface area contributed by atoms with Gasteiger partial charge in [0.2, 0.25) is 0 Å². The number of benzene rings is 1. The number of nitrogens with zero attached hydrogens (tertiary/aromatic N) is 5. The molecule has 8 heteroatoms. The lowest BCUT2D eigenvalue weighted by molar-refractivity contribution is -0.0630. The first-order chi connectivity index (χ1) is 17.7. The fraction of sp³-hybridized carbons (Fsp3) is 0.621. The van der Waals surface area contributed by atoms with E-state index in [1.54, 1.807) is 0 Å². The highest BCUT2D eigenvalue weighted by molar-refractivity contribution is 9.10. The van der Waals surface area contributed by atoms with Gasteiger partial charge in [0.15, 0.2) is 0 Å². The Morgan fingerprint density at radius 1 is 1.14 bits per heavy atom. The topological polar surface area (TPSA) is 61.8 Å². The Balaban J connectivity index is 1.25. The van der Waals surface area contributed by atoms with Gasteiger partial charge in [-0.05, 0) is 70.7 Å². The molecule has 0 radical (unpaired) electrons. The molecule has 2 aliphatic heterocycles. The summed E-state index contributed by atoms with van der Waals surface area (Å²) in [6.45, 7) is 16.1. The number of hydrogen-bond donors (Lipinski definition) is 0. The minimum Gasteiger partial charge on any atom is -0.376 e. The van der Waals surface area contributed by atoms with Crippen LogP contribution >= 0.6 is 15.9 Å². The van der Waals surface area contributed by atoms with Crippen molar-refractivity contribution in [3.8, 4) is 0 Å². The molecule has 2 aromatic rings. The maximum Gasteiger partial charge on any atom is 0.257 e. The molecule has 37 heavy (non-hydrogen) atoms. The summed E-state index contributed by atoms with van der Waals surface area (Å²) in [5.74, 6) is 0.0735. The van der Waals surface area contributed by atoms with Crippen LogP contribution in [0.5, 0.6) is 0 Å². The smallest absolute Gasteiger partial charge is 0.257 e. The van der Waals surface area contributed by atoms with Gasteiger partial charge in [-0.1, -0.05) is 22.0 Å². The molecule has 3 aliphatic rings. The lowest BCUT2D eigenvalue weighted by atomic mass is 9.86. The molecule has 0 unspecified atom stereocenters. The molecule has 1 amide bonds. The van der Waals surface area contributed by atoms with Crippen LogP contribution < -0.4 is 0 Å². The van der Waals surface area contributed by atoms with E-state index in [-0.39, 0.29) is 17.6 Å². The molecule has 1 aliphatic carbocycles. The van der Waals surface area contributed by atoms with E-state index in [0.717, 1.165) is 74.5 Å². The highest BCUT2D eigenvalue weighted by Crippen LogP contribution is 2.42. The normalized spacial score (nSPS) is 26.3. The fourth-order valence-corrected chi connectivity index (χ4v) is 7.18. The first-order valence-corrected chi connectivity index (χ1v) is 14.5. The van der Waals surface area contributed by atoms with Crippen LogP contribution in [0.4, 0.5) is 0 Å². The molecule has 5 rings (SSSR count). The number of aromatic nitrogens is 2. The summed E-state index contributed by atoms with van der Waals surface area (Å²) in [5.41, 5.74) is 5.14. The van der Waals surface area contributed by atoms with E-state index in [4.69, 9.17) is 4.74 Å². The Kier molecular flexibility index (Phi) is 7.74. The number of amides is 1. The molecule has 3 atom stereocenters. The van der Waals surface area contributed by atoms with Gasteiger partial charge in [-0.2, -0.15) is 0 Å². The maximum absolute atomic E-state index is 13.3. The number of carbonyl (C=O) groups is 1. The van der Waals surface area contributed by atoms with Gasteiger partial charge in [-0.25, -0.2) is 9.97 Å². The third kappa shape index (κ3) is 5.10. The predicted octanol–water partition coefficient (Wildman–Crippen LogP) is 4.56. The minimum atomic E-state index is 0.0735. The fourth-order valence-electron chi connectivity index (χ4n) is 6.77. The Labute approximate surface area is 229 Å². The maximum atomic E-state index is 13.3. The second-order valence-corrected chi connectivity index (χ2v) is 12.1. The molecule has 3 heterocycles. The quantitative estimate of drug-likeness (QED) is 0.526. The zero-order valence-corrected chi connectivity index (χ0v) is 24.4. The molecule has 2 fully saturated rings. The number of likely N-dealkylation sites (tertiary alicyclic amines) is 1. The van der Waals surface area contributed by atoms with Crippen molar-refractivity contribution >= 4 is 21.8 Å². The number of aryl methyl sites for hydroxylation is 2. The van der Waals surface area contributed by atoms with E-state index in [1.165, 1.54) is 17.5 Å². The highest BCUT2D eigenvalue weighted by Gasteiger charge is 2.44. The van der Waals surface area contributed by atoms with Crippen LogP contribution in [0, 0.1) is 13.8 Å². The van der Waals surface area contributed by atoms with Crippen LogP contribution in [0.15, 0.2) is 29.0 Å². The number of fused-ring (bicyclic) bond motifs is 1. The summed E-state index contributed by atoms with van der Waals surface area (Å²) in [6.07, 6.45) is 4.70. The first kappa shape index (κ1) is 26.7. The zero-order valence-electron chi connectivity index (χ0n) is 22.8. The Hall–Kier alpha value is -1.87. The molecule has 2 saturated heterocycles. The molecule has 7 nitrogen and oxygen atoms in total. The van der Waals surface area contributed by atoms with Gasteiger partial charge in [-0.3, -0.25) is 14.6 Å². The van der Waals surface area contributed by atoms with Gasteiger partial charge >= 0.3 is 0 Å². The molecule has 1 aromatic carbocycles. The molecule has 0 spiro atoms. The van der Waals surface area contributed by atoms with E-state index in [2.05, 4.69) is 74.7 Å². The molecule has 1 aromatic heterocycles. The van der Waals surface area contributed by atoms with E-state index in [9.17, 15) is 4.79 Å². The SMILES string of the molecule is CCO[C@@H]1Cc2cc(Br)ccc2[C@@H]1N1CCN(C2(C)CCN(C(=O)c3c(C)ncnc3C)CC2)C[C@@H]1C. The van der Waals surface area contributed by atoms with Crippen molar-refractivity contribution in [3.63, 3.8) is 0 Å². The van der Waals surface area contributed by atoms with Crippen molar-refractivity contribution in [1.82, 2.24) is 24.7 Å². The number of ether oxygens (including phenoxy) is 1. The van der Waals surface area contributed by atoms with Gasteiger partial charge in [0.25, 0.3) is 5.91 Å².